The van der Waals surface area contributed by atoms with Crippen LogP contribution in [-0.4, -0.2) is 22.4 Å². The Morgan fingerprint density at radius 3 is 2.50 bits per heavy atom. The Morgan fingerprint density at radius 1 is 1.36 bits per heavy atom. The number of carbonyl (C=O) groups excluding carboxylic acids is 2. The first-order valence-electron chi connectivity index (χ1n) is 7.63. The summed E-state index contributed by atoms with van der Waals surface area (Å²) in [6.45, 7) is 5.80. The number of nitrogens with two attached hydrogens (primary N) is 1. The molecule has 0 saturated heterocycles. The average molecular weight is 307 g/mol. The minimum atomic E-state index is -0.747. The van der Waals surface area contributed by atoms with Crippen LogP contribution in [0.1, 0.15) is 54.7 Å². The van der Waals surface area contributed by atoms with Crippen molar-refractivity contribution in [3.05, 3.63) is 33.2 Å². The van der Waals surface area contributed by atoms with Gasteiger partial charge in [0.05, 0.1) is 0 Å². The fourth-order valence-corrected chi connectivity index (χ4v) is 2.54. The standard InChI is InChI=1S/C16H25N3O3/c1-5-7-8-12(14(17)20)18-15(21)11-9-10(3)13(6-2)19(4)16(11)22/h9,12H,5-8H2,1-4H3,(H2,17,20)(H,18,21). The van der Waals surface area contributed by atoms with E-state index in [9.17, 15) is 14.4 Å². The molecule has 1 aromatic heterocycles. The lowest BCUT2D eigenvalue weighted by Crippen LogP contribution is -2.46. The zero-order valence-corrected chi connectivity index (χ0v) is 13.7. The number of unbranched alkanes of at least 4 members (excludes halogenated alkanes) is 1. The van der Waals surface area contributed by atoms with Gasteiger partial charge in [0.1, 0.15) is 11.6 Å². The van der Waals surface area contributed by atoms with Gasteiger partial charge in [-0.3, -0.25) is 14.4 Å². The zero-order valence-electron chi connectivity index (χ0n) is 13.7. The summed E-state index contributed by atoms with van der Waals surface area (Å²) in [6.07, 6.45) is 2.86. The lowest BCUT2D eigenvalue weighted by Gasteiger charge is -2.16. The summed E-state index contributed by atoms with van der Waals surface area (Å²) >= 11 is 0. The summed E-state index contributed by atoms with van der Waals surface area (Å²) in [4.78, 5) is 36.0. The number of nitrogens with one attached hydrogen (secondary N) is 1. The first kappa shape index (κ1) is 17.9. The van der Waals surface area contributed by atoms with E-state index in [1.807, 2.05) is 20.8 Å². The fraction of sp³-hybridized carbons (Fsp3) is 0.562. The van der Waals surface area contributed by atoms with Crippen LogP contribution < -0.4 is 16.6 Å². The Balaban J connectivity index is 3.08. The number of aryl methyl sites for hydroxylation is 1. The molecule has 6 nitrogen and oxygen atoms in total. The third-order valence-electron chi connectivity index (χ3n) is 3.83. The van der Waals surface area contributed by atoms with E-state index in [1.165, 1.54) is 4.57 Å². The summed E-state index contributed by atoms with van der Waals surface area (Å²) in [5, 5.41) is 2.57. The molecule has 0 radical (unpaired) electrons. The van der Waals surface area contributed by atoms with Crippen LogP contribution in [0.4, 0.5) is 0 Å². The van der Waals surface area contributed by atoms with Crippen molar-refractivity contribution in [1.29, 1.82) is 0 Å². The number of nitrogens with zero attached hydrogens (tertiary/aromatic N) is 1. The second-order valence-electron chi connectivity index (χ2n) is 5.48. The maximum Gasteiger partial charge on any atom is 0.263 e. The van der Waals surface area contributed by atoms with Crippen LogP contribution in [-0.2, 0) is 18.3 Å². The number of aromatic nitrogens is 1. The minimum absolute atomic E-state index is 0.0416. The number of pyridine rings is 1. The normalized spacial score (nSPS) is 12.0. The predicted molar refractivity (Wildman–Crippen MR) is 85.8 cm³/mol. The average Bonchev–Trinajstić information content (AvgIpc) is 2.47. The lowest BCUT2D eigenvalue weighted by atomic mass is 10.1. The van der Waals surface area contributed by atoms with Crippen LogP contribution in [0.2, 0.25) is 0 Å². The van der Waals surface area contributed by atoms with E-state index in [0.717, 1.165) is 24.1 Å². The minimum Gasteiger partial charge on any atom is -0.368 e. The van der Waals surface area contributed by atoms with Gasteiger partial charge < -0.3 is 15.6 Å². The molecule has 0 saturated carbocycles. The van der Waals surface area contributed by atoms with E-state index in [1.54, 1.807) is 13.1 Å². The SMILES string of the molecule is CCCCC(NC(=O)c1cc(C)c(CC)n(C)c1=O)C(N)=O. The van der Waals surface area contributed by atoms with Gasteiger partial charge in [-0.05, 0) is 31.4 Å². The van der Waals surface area contributed by atoms with E-state index >= 15 is 0 Å². The summed E-state index contributed by atoms with van der Waals surface area (Å²) in [5.41, 5.74) is 6.75. The number of hydrogen-bond donors (Lipinski definition) is 2. The summed E-state index contributed by atoms with van der Waals surface area (Å²) in [5.74, 6) is -1.13. The molecule has 1 aromatic rings. The number of primary amides is 1. The molecule has 3 N–H and O–H groups in total. The third-order valence-corrected chi connectivity index (χ3v) is 3.83. The van der Waals surface area contributed by atoms with Crippen LogP contribution in [0, 0.1) is 6.92 Å². The second kappa shape index (κ2) is 7.77. The molecule has 1 rings (SSSR count). The van der Waals surface area contributed by atoms with Crippen LogP contribution in [0.25, 0.3) is 0 Å². The second-order valence-corrected chi connectivity index (χ2v) is 5.48. The Bertz CT molecular complexity index is 620. The highest BCUT2D eigenvalue weighted by atomic mass is 16.2. The smallest absolute Gasteiger partial charge is 0.263 e. The molecule has 2 amide bonds. The molecular formula is C16H25N3O3. The first-order chi connectivity index (χ1) is 10.3. The van der Waals surface area contributed by atoms with Crippen molar-refractivity contribution in [2.24, 2.45) is 12.8 Å². The van der Waals surface area contributed by atoms with Crippen molar-refractivity contribution >= 4 is 11.8 Å². The van der Waals surface area contributed by atoms with Crippen LogP contribution in [0.3, 0.4) is 0 Å². The monoisotopic (exact) mass is 307 g/mol. The maximum absolute atomic E-state index is 12.3. The van der Waals surface area contributed by atoms with Gasteiger partial charge in [0.25, 0.3) is 11.5 Å². The molecule has 0 aliphatic rings. The highest BCUT2D eigenvalue weighted by molar-refractivity contribution is 5.97. The van der Waals surface area contributed by atoms with E-state index in [-0.39, 0.29) is 11.1 Å². The van der Waals surface area contributed by atoms with Gasteiger partial charge in [0.2, 0.25) is 5.91 Å². The summed E-state index contributed by atoms with van der Waals surface area (Å²) in [7, 11) is 1.65. The van der Waals surface area contributed by atoms with E-state index in [2.05, 4.69) is 5.32 Å². The Hall–Kier alpha value is -2.11. The lowest BCUT2D eigenvalue weighted by molar-refractivity contribution is -0.120. The van der Waals surface area contributed by atoms with Crippen LogP contribution >= 0.6 is 0 Å². The van der Waals surface area contributed by atoms with Crippen LogP contribution in [0.5, 0.6) is 0 Å². The molecule has 0 aliphatic carbocycles. The van der Waals surface area contributed by atoms with E-state index in [4.69, 9.17) is 5.73 Å². The summed E-state index contributed by atoms with van der Waals surface area (Å²) in [6, 6.07) is 0.831. The van der Waals surface area contributed by atoms with Gasteiger partial charge in [0, 0.05) is 12.7 Å². The molecule has 6 heteroatoms. The van der Waals surface area contributed by atoms with Gasteiger partial charge in [-0.1, -0.05) is 26.7 Å². The quantitative estimate of drug-likeness (QED) is 0.787. The molecule has 1 unspecified atom stereocenters. The first-order valence-corrected chi connectivity index (χ1v) is 7.63. The number of amides is 2. The molecule has 122 valence electrons. The fourth-order valence-electron chi connectivity index (χ4n) is 2.54. The van der Waals surface area contributed by atoms with Gasteiger partial charge in [0.15, 0.2) is 0 Å². The third kappa shape index (κ3) is 3.96. The molecule has 0 fully saturated rings. The van der Waals surface area contributed by atoms with Crippen molar-refractivity contribution < 1.29 is 9.59 Å². The molecule has 1 atom stereocenters. The molecule has 0 aromatic carbocycles. The predicted octanol–water partition coefficient (Wildman–Crippen LogP) is 1.03. The molecule has 0 spiro atoms. The Labute approximate surface area is 130 Å². The summed E-state index contributed by atoms with van der Waals surface area (Å²) < 4.78 is 1.48. The van der Waals surface area contributed by atoms with Gasteiger partial charge >= 0.3 is 0 Å². The number of carbonyl (C=O) groups is 2. The van der Waals surface area contributed by atoms with Gasteiger partial charge in [-0.15, -0.1) is 0 Å². The largest absolute Gasteiger partial charge is 0.368 e. The van der Waals surface area contributed by atoms with Crippen molar-refractivity contribution in [2.45, 2.75) is 52.5 Å². The molecule has 22 heavy (non-hydrogen) atoms. The molecule has 0 bridgehead atoms. The topological polar surface area (TPSA) is 94.2 Å². The van der Waals surface area contributed by atoms with Crippen LogP contribution in [0.15, 0.2) is 10.9 Å². The highest BCUT2D eigenvalue weighted by Crippen LogP contribution is 2.08. The van der Waals surface area contributed by atoms with Crippen molar-refractivity contribution in [2.75, 3.05) is 0 Å². The number of hydrogen-bond acceptors (Lipinski definition) is 3. The van der Waals surface area contributed by atoms with Gasteiger partial charge in [-0.2, -0.15) is 0 Å². The maximum atomic E-state index is 12.3. The Kier molecular flexibility index (Phi) is 6.34. The van der Waals surface area contributed by atoms with E-state index < -0.39 is 17.9 Å². The Morgan fingerprint density at radius 2 is 2.00 bits per heavy atom. The molecular weight excluding hydrogens is 282 g/mol. The number of rotatable bonds is 7. The van der Waals surface area contributed by atoms with Crippen molar-refractivity contribution in [3.8, 4) is 0 Å². The van der Waals surface area contributed by atoms with E-state index in [0.29, 0.717) is 12.8 Å². The zero-order chi connectivity index (χ0) is 16.9. The van der Waals surface area contributed by atoms with Crippen molar-refractivity contribution in [3.63, 3.8) is 0 Å². The van der Waals surface area contributed by atoms with Crippen molar-refractivity contribution in [1.82, 2.24) is 9.88 Å². The molecule has 1 heterocycles. The van der Waals surface area contributed by atoms with Gasteiger partial charge in [-0.25, -0.2) is 0 Å². The highest BCUT2D eigenvalue weighted by Gasteiger charge is 2.21. The molecule has 0 aliphatic heterocycles.